The number of hydrogen-bond donors (Lipinski definition) is 3. The zero-order chi connectivity index (χ0) is 16.6. The quantitative estimate of drug-likeness (QED) is 0.784. The second-order valence-corrected chi connectivity index (χ2v) is 6.99. The van der Waals surface area contributed by atoms with Crippen molar-refractivity contribution in [2.75, 3.05) is 19.6 Å². The number of amidine groups is 1. The minimum absolute atomic E-state index is 0.308. The van der Waals surface area contributed by atoms with Gasteiger partial charge < -0.3 is 16.8 Å². The van der Waals surface area contributed by atoms with Crippen LogP contribution in [0.4, 0.5) is 0 Å². The van der Waals surface area contributed by atoms with Crippen LogP contribution in [0.5, 0.6) is 0 Å². The van der Waals surface area contributed by atoms with Crippen LogP contribution in [0.1, 0.15) is 18.4 Å². The van der Waals surface area contributed by atoms with E-state index in [2.05, 4.69) is 51.6 Å². The molecule has 0 aliphatic carbocycles. The summed E-state index contributed by atoms with van der Waals surface area (Å²) in [7, 11) is 0. The Morgan fingerprint density at radius 2 is 2.12 bits per heavy atom. The lowest BCUT2D eigenvalue weighted by Crippen LogP contribution is -2.59. The second-order valence-electron chi connectivity index (χ2n) is 6.99. The van der Waals surface area contributed by atoms with Crippen molar-refractivity contribution in [3.63, 3.8) is 0 Å². The van der Waals surface area contributed by atoms with Gasteiger partial charge in [0.2, 0.25) is 0 Å². The molecule has 126 valence electrons. The Labute approximate surface area is 143 Å². The Morgan fingerprint density at radius 1 is 1.29 bits per heavy atom. The largest absolute Gasteiger partial charge is 0.399 e. The summed E-state index contributed by atoms with van der Waals surface area (Å²) in [4.78, 5) is 6.91. The number of nitrogens with one attached hydrogen (secondary N) is 1. The first-order valence-corrected chi connectivity index (χ1v) is 8.72. The van der Waals surface area contributed by atoms with Gasteiger partial charge in [-0.2, -0.15) is 0 Å². The zero-order valence-electron chi connectivity index (χ0n) is 13.9. The number of piperidine rings is 1. The van der Waals surface area contributed by atoms with Crippen LogP contribution in [-0.4, -0.2) is 35.9 Å². The monoisotopic (exact) mass is 323 g/mol. The van der Waals surface area contributed by atoms with Gasteiger partial charge in [-0.1, -0.05) is 36.4 Å². The van der Waals surface area contributed by atoms with Crippen LogP contribution < -0.4 is 16.8 Å². The number of fused-ring (bicyclic) bond motifs is 1. The van der Waals surface area contributed by atoms with E-state index in [0.29, 0.717) is 11.6 Å². The minimum Gasteiger partial charge on any atom is -0.399 e. The fraction of sp³-hybridized carbons (Fsp3) is 0.421. The molecule has 1 aromatic carbocycles. The van der Waals surface area contributed by atoms with Crippen molar-refractivity contribution in [1.29, 1.82) is 0 Å². The van der Waals surface area contributed by atoms with Gasteiger partial charge in [0.25, 0.3) is 0 Å². The van der Waals surface area contributed by atoms with Gasteiger partial charge in [0.1, 0.15) is 5.84 Å². The lowest BCUT2D eigenvalue weighted by Gasteiger charge is -2.45. The van der Waals surface area contributed by atoms with E-state index in [-0.39, 0.29) is 0 Å². The molecule has 2 atom stereocenters. The summed E-state index contributed by atoms with van der Waals surface area (Å²) < 4.78 is 0. The van der Waals surface area contributed by atoms with Gasteiger partial charge >= 0.3 is 0 Å². The van der Waals surface area contributed by atoms with E-state index < -0.39 is 5.54 Å². The number of nitrogens with zero attached hydrogens (tertiary/aromatic N) is 2. The summed E-state index contributed by atoms with van der Waals surface area (Å²) in [5.41, 5.74) is 15.8. The number of nitrogens with two attached hydrogens (primary N) is 2. The molecule has 5 N–H and O–H groups in total. The minimum atomic E-state index is -0.601. The molecule has 0 saturated carbocycles. The highest BCUT2D eigenvalue weighted by atomic mass is 15.1. The summed E-state index contributed by atoms with van der Waals surface area (Å²) in [6.45, 7) is 3.83. The SMILES string of the molecule is NC1=CN=C2NCC=C2C1(N)[C@@H]1CCCN(Cc2ccccc2)C1. The van der Waals surface area contributed by atoms with Crippen molar-refractivity contribution in [3.8, 4) is 0 Å². The molecular formula is C19H25N5. The van der Waals surface area contributed by atoms with Crippen molar-refractivity contribution in [2.45, 2.75) is 24.9 Å². The highest BCUT2D eigenvalue weighted by molar-refractivity contribution is 6.04. The molecule has 0 aromatic heterocycles. The molecular weight excluding hydrogens is 298 g/mol. The summed E-state index contributed by atoms with van der Waals surface area (Å²) in [5, 5.41) is 3.29. The fourth-order valence-electron chi connectivity index (χ4n) is 4.19. The van der Waals surface area contributed by atoms with Gasteiger partial charge in [-0.25, -0.2) is 4.99 Å². The maximum absolute atomic E-state index is 6.91. The third-order valence-corrected chi connectivity index (χ3v) is 5.49. The Hall–Kier alpha value is -2.11. The molecule has 5 nitrogen and oxygen atoms in total. The third-order valence-electron chi connectivity index (χ3n) is 5.49. The van der Waals surface area contributed by atoms with Crippen LogP contribution in [0.25, 0.3) is 0 Å². The number of aliphatic imine (C=N–C) groups is 1. The first-order chi connectivity index (χ1) is 11.7. The molecule has 0 radical (unpaired) electrons. The predicted octanol–water partition coefficient (Wildman–Crippen LogP) is 1.34. The van der Waals surface area contributed by atoms with Gasteiger partial charge in [-0.15, -0.1) is 0 Å². The Kier molecular flexibility index (Phi) is 3.90. The Bertz CT molecular complexity index is 706. The van der Waals surface area contributed by atoms with E-state index in [1.807, 2.05) is 0 Å². The molecule has 1 saturated heterocycles. The van der Waals surface area contributed by atoms with Crippen LogP contribution in [-0.2, 0) is 6.54 Å². The van der Waals surface area contributed by atoms with Crippen LogP contribution >= 0.6 is 0 Å². The highest BCUT2D eigenvalue weighted by Crippen LogP contribution is 2.38. The number of benzene rings is 1. The van der Waals surface area contributed by atoms with E-state index in [1.54, 1.807) is 6.20 Å². The van der Waals surface area contributed by atoms with Gasteiger partial charge in [-0.3, -0.25) is 4.90 Å². The van der Waals surface area contributed by atoms with Gasteiger partial charge in [-0.05, 0) is 30.9 Å². The summed E-state index contributed by atoms with van der Waals surface area (Å²) in [6, 6.07) is 10.6. The summed E-state index contributed by atoms with van der Waals surface area (Å²) in [5.74, 6) is 1.20. The molecule has 3 aliphatic heterocycles. The average Bonchev–Trinajstić information content (AvgIpc) is 3.09. The van der Waals surface area contributed by atoms with Crippen molar-refractivity contribution >= 4 is 5.84 Å². The highest BCUT2D eigenvalue weighted by Gasteiger charge is 2.46. The molecule has 0 amide bonds. The van der Waals surface area contributed by atoms with E-state index in [9.17, 15) is 0 Å². The van der Waals surface area contributed by atoms with Crippen molar-refractivity contribution in [1.82, 2.24) is 10.2 Å². The molecule has 1 unspecified atom stereocenters. The van der Waals surface area contributed by atoms with E-state index >= 15 is 0 Å². The first kappa shape index (κ1) is 15.4. The summed E-state index contributed by atoms with van der Waals surface area (Å²) in [6.07, 6.45) is 6.13. The molecule has 3 aliphatic rings. The van der Waals surface area contributed by atoms with Gasteiger partial charge in [0.05, 0.1) is 17.4 Å². The number of rotatable bonds is 3. The first-order valence-electron chi connectivity index (χ1n) is 8.72. The molecule has 0 bridgehead atoms. The Morgan fingerprint density at radius 3 is 2.96 bits per heavy atom. The zero-order valence-corrected chi connectivity index (χ0v) is 13.9. The lowest BCUT2D eigenvalue weighted by molar-refractivity contribution is 0.137. The molecule has 1 fully saturated rings. The lowest BCUT2D eigenvalue weighted by atomic mass is 9.71. The van der Waals surface area contributed by atoms with Crippen LogP contribution in [0.15, 0.2) is 58.9 Å². The average molecular weight is 323 g/mol. The normalized spacial score (nSPS) is 30.0. The van der Waals surface area contributed by atoms with Gasteiger partial charge in [0, 0.05) is 25.2 Å². The van der Waals surface area contributed by atoms with E-state index in [1.165, 1.54) is 5.56 Å². The maximum atomic E-state index is 6.91. The molecule has 4 rings (SSSR count). The summed E-state index contributed by atoms with van der Waals surface area (Å²) >= 11 is 0. The molecule has 1 aromatic rings. The predicted molar refractivity (Wildman–Crippen MR) is 97.2 cm³/mol. The van der Waals surface area contributed by atoms with Crippen LogP contribution in [0.2, 0.25) is 0 Å². The molecule has 5 heteroatoms. The fourth-order valence-corrected chi connectivity index (χ4v) is 4.19. The molecule has 0 spiro atoms. The number of hydrogen-bond acceptors (Lipinski definition) is 5. The second kappa shape index (κ2) is 6.07. The van der Waals surface area contributed by atoms with Gasteiger partial charge in [0.15, 0.2) is 0 Å². The molecule has 24 heavy (non-hydrogen) atoms. The smallest absolute Gasteiger partial charge is 0.131 e. The van der Waals surface area contributed by atoms with Crippen LogP contribution in [0, 0.1) is 5.92 Å². The third kappa shape index (κ3) is 2.54. The van der Waals surface area contributed by atoms with Crippen LogP contribution in [0.3, 0.4) is 0 Å². The maximum Gasteiger partial charge on any atom is 0.131 e. The van der Waals surface area contributed by atoms with E-state index in [4.69, 9.17) is 11.5 Å². The Balaban J connectivity index is 1.55. The molecule has 3 heterocycles. The van der Waals surface area contributed by atoms with Crippen molar-refractivity contribution in [2.24, 2.45) is 22.4 Å². The van der Waals surface area contributed by atoms with Crippen molar-refractivity contribution in [3.05, 3.63) is 59.4 Å². The van der Waals surface area contributed by atoms with E-state index in [0.717, 1.165) is 50.4 Å². The standard InChI is InChI=1S/C19H25N5/c20-17-11-23-18-16(8-9-22-18)19(17,21)15-7-4-10-24(13-15)12-14-5-2-1-3-6-14/h1-3,5-6,8,11,15H,4,7,9-10,12-13,20-21H2,(H,22,23)/t15-,19?/m1/s1. The van der Waals surface area contributed by atoms with Crippen molar-refractivity contribution < 1.29 is 0 Å². The number of likely N-dealkylation sites (tertiary alicyclic amines) is 1. The topological polar surface area (TPSA) is 79.7 Å².